The van der Waals surface area contributed by atoms with Crippen LogP contribution in [-0.4, -0.2) is 64.2 Å². The second kappa shape index (κ2) is 9.04. The highest BCUT2D eigenvalue weighted by Crippen LogP contribution is 2.41. The third-order valence-corrected chi connectivity index (χ3v) is 6.00. The van der Waals surface area contributed by atoms with E-state index in [2.05, 4.69) is 50.5 Å². The van der Waals surface area contributed by atoms with Crippen LogP contribution in [0.1, 0.15) is 12.8 Å². The Morgan fingerprint density at radius 2 is 1.19 bits per heavy atom. The molecule has 0 aromatic carbocycles. The average molecular weight is 395 g/mol. The van der Waals surface area contributed by atoms with Crippen LogP contribution in [0, 0.1) is 0 Å². The summed E-state index contributed by atoms with van der Waals surface area (Å²) in [5, 5.41) is 37.5. The Labute approximate surface area is 148 Å². The maximum Gasteiger partial charge on any atom is 0.346 e. The second-order valence-electron chi connectivity index (χ2n) is 4.36. The fraction of sp³-hybridized carbons (Fsp3) is 0.800. The molecule has 0 rings (SSSR count). The van der Waals surface area contributed by atoms with Gasteiger partial charge >= 0.3 is 11.9 Å². The highest BCUT2D eigenvalue weighted by atomic mass is 32.2. The normalized spacial score (nSPS) is 20.1. The van der Waals surface area contributed by atoms with Crippen LogP contribution in [0.3, 0.4) is 0 Å². The molecule has 0 aliphatic rings. The van der Waals surface area contributed by atoms with E-state index in [0.29, 0.717) is 0 Å². The summed E-state index contributed by atoms with van der Waals surface area (Å²) in [6, 6.07) is 0. The lowest BCUT2D eigenvalue weighted by Gasteiger charge is -2.33. The maximum absolute atomic E-state index is 11.3. The number of carbonyl (C=O) groups is 2. The molecule has 11 heteroatoms. The van der Waals surface area contributed by atoms with Gasteiger partial charge in [0.05, 0.1) is 0 Å². The summed E-state index contributed by atoms with van der Waals surface area (Å²) in [4.78, 5) is 17.5. The van der Waals surface area contributed by atoms with E-state index in [1.165, 1.54) is 0 Å². The molecule has 0 amide bonds. The molecule has 0 aliphatic carbocycles. The van der Waals surface area contributed by atoms with Crippen LogP contribution in [0.25, 0.3) is 0 Å². The van der Waals surface area contributed by atoms with Crippen molar-refractivity contribution < 1.29 is 30.0 Å². The Morgan fingerprint density at radius 1 is 0.905 bits per heavy atom. The predicted molar refractivity (Wildman–Crippen MR) is 95.3 cm³/mol. The van der Waals surface area contributed by atoms with Crippen molar-refractivity contribution in [2.45, 2.75) is 33.2 Å². The number of aliphatic hydroxyl groups is 2. The summed E-state index contributed by atoms with van der Waals surface area (Å²) >= 11 is 16.0. The minimum atomic E-state index is -2.51. The van der Waals surface area contributed by atoms with E-state index in [1.807, 2.05) is 0 Å². The first-order chi connectivity index (χ1) is 9.50. The third kappa shape index (κ3) is 6.71. The third-order valence-electron chi connectivity index (χ3n) is 2.45. The van der Waals surface area contributed by atoms with Crippen molar-refractivity contribution in [1.29, 1.82) is 0 Å². The number of hydrogen-bond donors (Lipinski definition) is 8. The standard InChI is InChI=1S/C10H18O6S5/c11-7(12)9(15,1-5(19)3-17)21-10(16,8(13)14)2-6(20)4-18/h5-6,15-20H,1-4H2,(H,11,12)(H,13,14). The van der Waals surface area contributed by atoms with Crippen molar-refractivity contribution in [3.8, 4) is 0 Å². The Morgan fingerprint density at radius 3 is 1.38 bits per heavy atom. The fourth-order valence-electron chi connectivity index (χ4n) is 1.39. The summed E-state index contributed by atoms with van der Waals surface area (Å²) < 4.78 is 0. The molecule has 0 saturated carbocycles. The van der Waals surface area contributed by atoms with Crippen LogP contribution in [0.15, 0.2) is 0 Å². The monoisotopic (exact) mass is 394 g/mol. The SMILES string of the molecule is O=C(O)C(O)(CC(S)CS)SC(O)(CC(S)CS)C(=O)O. The lowest BCUT2D eigenvalue weighted by Crippen LogP contribution is -2.48. The Balaban J connectivity index is 5.33. The highest BCUT2D eigenvalue weighted by molar-refractivity contribution is 8.03. The molecule has 4 unspecified atom stereocenters. The van der Waals surface area contributed by atoms with Gasteiger partial charge in [0.15, 0.2) is 0 Å². The molecule has 0 aliphatic heterocycles. The first-order valence-electron chi connectivity index (χ1n) is 5.70. The maximum atomic E-state index is 11.3. The molecule has 0 heterocycles. The second-order valence-corrected chi connectivity index (χ2v) is 8.11. The van der Waals surface area contributed by atoms with Gasteiger partial charge in [0.25, 0.3) is 0 Å². The van der Waals surface area contributed by atoms with Gasteiger partial charge in [-0.3, -0.25) is 0 Å². The number of carboxylic acids is 2. The molecule has 4 N–H and O–H groups in total. The molecule has 0 aromatic rings. The smallest absolute Gasteiger partial charge is 0.346 e. The summed E-state index contributed by atoms with van der Waals surface area (Å²) in [7, 11) is 0. The van der Waals surface area contributed by atoms with Crippen LogP contribution in [0.2, 0.25) is 0 Å². The molecular formula is C10H18O6S5. The molecule has 0 bridgehead atoms. The summed E-state index contributed by atoms with van der Waals surface area (Å²) in [6.07, 6.45) is -0.763. The molecular weight excluding hydrogens is 376 g/mol. The Bertz CT molecular complexity index is 349. The minimum absolute atomic E-state index is 0.0444. The molecule has 0 radical (unpaired) electrons. The van der Waals surface area contributed by atoms with E-state index < -0.39 is 32.3 Å². The van der Waals surface area contributed by atoms with E-state index in [0.717, 1.165) is 0 Å². The molecule has 0 spiro atoms. The number of thioether (sulfide) groups is 1. The summed E-state index contributed by atoms with van der Waals surface area (Å²) in [6.45, 7) is 0. The van der Waals surface area contributed by atoms with Crippen LogP contribution in [-0.2, 0) is 9.59 Å². The molecule has 0 aromatic heterocycles. The van der Waals surface area contributed by atoms with Crippen molar-refractivity contribution in [1.82, 2.24) is 0 Å². The van der Waals surface area contributed by atoms with Crippen molar-refractivity contribution in [2.24, 2.45) is 0 Å². The van der Waals surface area contributed by atoms with E-state index in [4.69, 9.17) is 10.2 Å². The van der Waals surface area contributed by atoms with Gasteiger partial charge in [-0.2, -0.15) is 50.5 Å². The van der Waals surface area contributed by atoms with Gasteiger partial charge < -0.3 is 20.4 Å². The van der Waals surface area contributed by atoms with Gasteiger partial charge in [0.1, 0.15) is 0 Å². The fourth-order valence-corrected chi connectivity index (χ4v) is 3.73. The number of carboxylic acid groups (broad SMARTS) is 2. The topological polar surface area (TPSA) is 115 Å². The lowest BCUT2D eigenvalue weighted by molar-refractivity contribution is -0.152. The molecule has 21 heavy (non-hydrogen) atoms. The van der Waals surface area contributed by atoms with Gasteiger partial charge in [-0.05, 0) is 0 Å². The predicted octanol–water partition coefficient (Wildman–Crippen LogP) is 0.503. The van der Waals surface area contributed by atoms with E-state index in [-0.39, 0.29) is 36.1 Å². The van der Waals surface area contributed by atoms with E-state index in [9.17, 15) is 19.8 Å². The molecule has 124 valence electrons. The molecule has 0 fully saturated rings. The van der Waals surface area contributed by atoms with Crippen LogP contribution in [0.4, 0.5) is 0 Å². The van der Waals surface area contributed by atoms with Crippen molar-refractivity contribution in [3.63, 3.8) is 0 Å². The average Bonchev–Trinajstić information content (AvgIpc) is 2.37. The van der Waals surface area contributed by atoms with Gasteiger partial charge in [-0.1, -0.05) is 11.8 Å². The molecule has 4 atom stereocenters. The van der Waals surface area contributed by atoms with Crippen LogP contribution >= 0.6 is 62.3 Å². The van der Waals surface area contributed by atoms with Gasteiger partial charge in [-0.15, -0.1) is 0 Å². The van der Waals surface area contributed by atoms with Crippen LogP contribution < -0.4 is 0 Å². The highest BCUT2D eigenvalue weighted by Gasteiger charge is 2.50. The van der Waals surface area contributed by atoms with Crippen molar-refractivity contribution >= 4 is 74.2 Å². The zero-order valence-corrected chi connectivity index (χ0v) is 15.2. The zero-order valence-electron chi connectivity index (χ0n) is 10.8. The van der Waals surface area contributed by atoms with Gasteiger partial charge in [0.2, 0.25) is 9.87 Å². The van der Waals surface area contributed by atoms with E-state index >= 15 is 0 Å². The number of aliphatic carboxylic acids is 2. The number of rotatable bonds is 10. The number of thiol groups is 4. The molecule has 0 saturated heterocycles. The number of hydrogen-bond acceptors (Lipinski definition) is 9. The largest absolute Gasteiger partial charge is 0.478 e. The first kappa shape index (κ1) is 21.6. The Kier molecular flexibility index (Phi) is 9.30. The first-order valence-corrected chi connectivity index (χ1v) is 8.81. The van der Waals surface area contributed by atoms with E-state index in [1.54, 1.807) is 0 Å². The van der Waals surface area contributed by atoms with Crippen molar-refractivity contribution in [2.75, 3.05) is 11.5 Å². The van der Waals surface area contributed by atoms with Crippen molar-refractivity contribution in [3.05, 3.63) is 0 Å². The Hall–Kier alpha value is 0.610. The van der Waals surface area contributed by atoms with Crippen LogP contribution in [0.5, 0.6) is 0 Å². The molecule has 6 nitrogen and oxygen atoms in total. The summed E-state index contributed by atoms with van der Waals surface area (Å²) in [5.74, 6) is -2.96. The quantitative estimate of drug-likeness (QED) is 0.201. The summed E-state index contributed by atoms with van der Waals surface area (Å²) in [5.41, 5.74) is 0. The zero-order chi connectivity index (χ0) is 16.8. The lowest BCUT2D eigenvalue weighted by atomic mass is 10.2. The minimum Gasteiger partial charge on any atom is -0.478 e. The van der Waals surface area contributed by atoms with Gasteiger partial charge in [-0.25, -0.2) is 9.59 Å². The van der Waals surface area contributed by atoms with Gasteiger partial charge in [0, 0.05) is 34.8 Å².